The normalized spacial score (nSPS) is 16.2. The molecule has 1 atom stereocenters. The van der Waals surface area contributed by atoms with Crippen molar-refractivity contribution in [3.63, 3.8) is 0 Å². The van der Waals surface area contributed by atoms with Crippen LogP contribution in [-0.2, 0) is 11.1 Å². The van der Waals surface area contributed by atoms with E-state index >= 15 is 0 Å². The molecule has 1 unspecified atom stereocenters. The highest BCUT2D eigenvalue weighted by Gasteiger charge is 2.18. The molecule has 2 aromatic carbocycles. The van der Waals surface area contributed by atoms with Gasteiger partial charge in [-0.1, -0.05) is 48.2 Å². The first-order chi connectivity index (χ1) is 9.38. The molecule has 0 amide bonds. The third kappa shape index (κ3) is 2.70. The van der Waals surface area contributed by atoms with Crippen LogP contribution in [0.2, 0.25) is 0 Å². The summed E-state index contributed by atoms with van der Waals surface area (Å²) in [5.74, 6) is 6.55. The third-order valence-electron chi connectivity index (χ3n) is 3.33. The molecule has 0 aliphatic heterocycles. The Morgan fingerprint density at radius 1 is 1.00 bits per heavy atom. The summed E-state index contributed by atoms with van der Waals surface area (Å²) in [5, 5.41) is 0.687. The fourth-order valence-corrected chi connectivity index (χ4v) is 2.82. The van der Waals surface area contributed by atoms with Gasteiger partial charge in [0.25, 0.3) is 0 Å². The quantitative estimate of drug-likeness (QED) is 0.454. The number of hydrogen-bond donors (Lipinski definition) is 0. The van der Waals surface area contributed by atoms with Gasteiger partial charge in [-0.3, -0.25) is 0 Å². The molecule has 0 N–H and O–H groups in total. The van der Waals surface area contributed by atoms with Crippen molar-refractivity contribution in [2.75, 3.05) is 0 Å². The van der Waals surface area contributed by atoms with Crippen LogP contribution >= 0.6 is 22.4 Å². The van der Waals surface area contributed by atoms with Gasteiger partial charge in [0, 0.05) is 17.5 Å². The van der Waals surface area contributed by atoms with Crippen molar-refractivity contribution >= 4 is 27.7 Å². The molecule has 1 aliphatic rings. The van der Waals surface area contributed by atoms with Gasteiger partial charge in [0.2, 0.25) is 0 Å². The predicted octanol–water partition coefficient (Wildman–Crippen LogP) is 3.40. The van der Waals surface area contributed by atoms with E-state index in [9.17, 15) is 0 Å². The molecule has 0 bridgehead atoms. The standard InChI is InChI=1S/C16H12BIO/c18-17-19-16-11-14-7-2-1-5-12(14)9-10-13-6-3-4-8-15(13)16/h1-8,16-17H,11H2. The van der Waals surface area contributed by atoms with Crippen LogP contribution in [0.25, 0.3) is 0 Å². The van der Waals surface area contributed by atoms with Crippen LogP contribution < -0.4 is 0 Å². The minimum absolute atomic E-state index is 0.0869. The number of halogens is 1. The zero-order chi connectivity index (χ0) is 13.1. The van der Waals surface area contributed by atoms with Gasteiger partial charge in [0.1, 0.15) is 0 Å². The summed E-state index contributed by atoms with van der Waals surface area (Å²) in [7, 11) is 0. The average Bonchev–Trinajstić information content (AvgIpc) is 2.44. The van der Waals surface area contributed by atoms with E-state index in [1.54, 1.807) is 0 Å². The molecule has 19 heavy (non-hydrogen) atoms. The molecular formula is C16H12BIO. The Labute approximate surface area is 127 Å². The van der Waals surface area contributed by atoms with Gasteiger partial charge in [-0.2, -0.15) is 0 Å². The van der Waals surface area contributed by atoms with Crippen molar-refractivity contribution in [2.45, 2.75) is 12.5 Å². The molecule has 0 spiro atoms. The zero-order valence-electron chi connectivity index (χ0n) is 10.4. The van der Waals surface area contributed by atoms with Crippen LogP contribution in [-0.4, -0.2) is 5.34 Å². The third-order valence-corrected chi connectivity index (χ3v) is 3.69. The van der Waals surface area contributed by atoms with E-state index in [2.05, 4.69) is 70.6 Å². The fourth-order valence-electron chi connectivity index (χ4n) is 2.38. The summed E-state index contributed by atoms with van der Waals surface area (Å²) in [6.45, 7) is 0. The van der Waals surface area contributed by atoms with Gasteiger partial charge in [0.15, 0.2) is 0 Å². The highest BCUT2D eigenvalue weighted by Crippen LogP contribution is 2.28. The lowest BCUT2D eigenvalue weighted by Gasteiger charge is -2.21. The minimum atomic E-state index is 0.0869. The first kappa shape index (κ1) is 12.8. The molecule has 3 rings (SSSR count). The fraction of sp³-hybridized carbons (Fsp3) is 0.125. The molecule has 1 aliphatic carbocycles. The predicted molar refractivity (Wildman–Crippen MR) is 87.6 cm³/mol. The first-order valence-corrected chi connectivity index (χ1v) is 7.77. The lowest BCUT2D eigenvalue weighted by atomic mass is 9.92. The van der Waals surface area contributed by atoms with Gasteiger partial charge >= 0.3 is 5.34 Å². The number of fused-ring (bicyclic) bond motifs is 2. The second-order valence-corrected chi connectivity index (χ2v) is 5.09. The Hall–Kier alpha value is -1.25. The van der Waals surface area contributed by atoms with Gasteiger partial charge in [-0.25, -0.2) is 0 Å². The van der Waals surface area contributed by atoms with E-state index in [1.165, 1.54) is 11.1 Å². The van der Waals surface area contributed by atoms with Crippen LogP contribution in [0.15, 0.2) is 48.5 Å². The Morgan fingerprint density at radius 2 is 1.68 bits per heavy atom. The van der Waals surface area contributed by atoms with Crippen LogP contribution in [0.1, 0.15) is 28.4 Å². The van der Waals surface area contributed by atoms with E-state index in [0.717, 1.165) is 17.5 Å². The molecule has 0 aromatic heterocycles. The maximum Gasteiger partial charge on any atom is 0.347 e. The first-order valence-electron chi connectivity index (χ1n) is 6.25. The van der Waals surface area contributed by atoms with Gasteiger partial charge in [0.05, 0.1) is 6.10 Å². The number of benzene rings is 2. The second kappa shape index (κ2) is 5.81. The van der Waals surface area contributed by atoms with Crippen molar-refractivity contribution in [1.82, 2.24) is 0 Å². The molecular weight excluding hydrogens is 346 g/mol. The Balaban J connectivity index is 2.14. The molecule has 3 heteroatoms. The van der Waals surface area contributed by atoms with E-state index < -0.39 is 0 Å². The SMILES string of the molecule is IBOC1Cc2ccccc2C#Cc2ccccc21. The monoisotopic (exact) mass is 358 g/mol. The molecule has 2 aromatic rings. The summed E-state index contributed by atoms with van der Waals surface area (Å²) in [6, 6.07) is 16.6. The molecule has 0 radical (unpaired) electrons. The summed E-state index contributed by atoms with van der Waals surface area (Å²) in [4.78, 5) is 0. The summed E-state index contributed by atoms with van der Waals surface area (Å²) in [5.41, 5.74) is 4.64. The Kier molecular flexibility index (Phi) is 3.91. The highest BCUT2D eigenvalue weighted by molar-refractivity contribution is 14.1. The molecule has 0 saturated carbocycles. The maximum atomic E-state index is 5.92. The summed E-state index contributed by atoms with van der Waals surface area (Å²) < 4.78 is 5.92. The largest absolute Gasteiger partial charge is 0.421 e. The molecule has 0 saturated heterocycles. The number of rotatable bonds is 2. The zero-order valence-corrected chi connectivity index (χ0v) is 12.6. The van der Waals surface area contributed by atoms with Crippen molar-refractivity contribution in [3.8, 4) is 11.8 Å². The lowest BCUT2D eigenvalue weighted by molar-refractivity contribution is 0.225. The minimum Gasteiger partial charge on any atom is -0.421 e. The van der Waals surface area contributed by atoms with Crippen LogP contribution in [0.3, 0.4) is 0 Å². The van der Waals surface area contributed by atoms with E-state index in [-0.39, 0.29) is 6.10 Å². The van der Waals surface area contributed by atoms with E-state index in [1.807, 2.05) is 12.1 Å². The molecule has 1 nitrogen and oxygen atoms in total. The van der Waals surface area contributed by atoms with Gasteiger partial charge in [-0.15, -0.1) is 22.4 Å². The van der Waals surface area contributed by atoms with E-state index in [0.29, 0.717) is 5.34 Å². The van der Waals surface area contributed by atoms with Crippen molar-refractivity contribution in [3.05, 3.63) is 70.8 Å². The van der Waals surface area contributed by atoms with Gasteiger partial charge in [-0.05, 0) is 23.3 Å². The molecule has 0 fully saturated rings. The Bertz CT molecular complexity index is 657. The summed E-state index contributed by atoms with van der Waals surface area (Å²) >= 11 is 2.25. The Morgan fingerprint density at radius 3 is 2.53 bits per heavy atom. The van der Waals surface area contributed by atoms with Crippen molar-refractivity contribution < 1.29 is 4.65 Å². The lowest BCUT2D eigenvalue weighted by Crippen LogP contribution is -2.12. The van der Waals surface area contributed by atoms with Crippen molar-refractivity contribution in [2.24, 2.45) is 0 Å². The molecule has 0 heterocycles. The average molecular weight is 358 g/mol. The van der Waals surface area contributed by atoms with Gasteiger partial charge < -0.3 is 4.65 Å². The van der Waals surface area contributed by atoms with Crippen LogP contribution in [0.4, 0.5) is 0 Å². The topological polar surface area (TPSA) is 9.23 Å². The van der Waals surface area contributed by atoms with Crippen LogP contribution in [0, 0.1) is 11.8 Å². The second-order valence-electron chi connectivity index (χ2n) is 4.46. The highest BCUT2D eigenvalue weighted by atomic mass is 127. The number of hydrogen-bond acceptors (Lipinski definition) is 1. The van der Waals surface area contributed by atoms with Crippen molar-refractivity contribution in [1.29, 1.82) is 0 Å². The van der Waals surface area contributed by atoms with Crippen LogP contribution in [0.5, 0.6) is 0 Å². The summed E-state index contributed by atoms with van der Waals surface area (Å²) in [6.07, 6.45) is 0.967. The smallest absolute Gasteiger partial charge is 0.347 e. The maximum absolute atomic E-state index is 5.92. The molecule has 92 valence electrons. The van der Waals surface area contributed by atoms with E-state index in [4.69, 9.17) is 4.65 Å².